The lowest BCUT2D eigenvalue weighted by molar-refractivity contribution is -0.131. The fourth-order valence-electron chi connectivity index (χ4n) is 1.73. The Kier molecular flexibility index (Phi) is 3.27. The van der Waals surface area contributed by atoms with E-state index in [1.165, 1.54) is 6.92 Å². The van der Waals surface area contributed by atoms with E-state index in [2.05, 4.69) is 5.10 Å². The van der Waals surface area contributed by atoms with E-state index in [9.17, 15) is 4.79 Å². The van der Waals surface area contributed by atoms with E-state index in [1.807, 2.05) is 23.2 Å². The van der Waals surface area contributed by atoms with Crippen LogP contribution in [0.2, 0.25) is 0 Å². The third kappa shape index (κ3) is 2.96. The number of para-hydroxylation sites is 1. The van der Waals surface area contributed by atoms with Crippen LogP contribution >= 0.6 is 0 Å². The maximum absolute atomic E-state index is 11.0. The van der Waals surface area contributed by atoms with Gasteiger partial charge < -0.3 is 10.5 Å². The minimum Gasteiger partial charge on any atom is -0.426 e. The lowest BCUT2D eigenvalue weighted by Crippen LogP contribution is -2.15. The van der Waals surface area contributed by atoms with E-state index in [0.29, 0.717) is 18.1 Å². The van der Waals surface area contributed by atoms with Crippen molar-refractivity contribution in [2.24, 2.45) is 10.8 Å². The number of nitrogens with zero attached hydrogens (tertiary/aromatic N) is 2. The van der Waals surface area contributed by atoms with Crippen molar-refractivity contribution in [1.82, 2.24) is 5.01 Å². The van der Waals surface area contributed by atoms with Crippen LogP contribution in [-0.2, 0) is 11.3 Å². The van der Waals surface area contributed by atoms with E-state index in [1.54, 1.807) is 6.07 Å². The highest BCUT2D eigenvalue weighted by atomic mass is 16.5. The van der Waals surface area contributed by atoms with E-state index < -0.39 is 0 Å². The van der Waals surface area contributed by atoms with Gasteiger partial charge in [-0.05, 0) is 6.07 Å². The molecule has 5 nitrogen and oxygen atoms in total. The fourth-order valence-corrected chi connectivity index (χ4v) is 1.73. The Balaban J connectivity index is 2.12. The number of hydrogen-bond acceptors (Lipinski definition) is 5. The molecule has 0 bridgehead atoms. The molecule has 0 aliphatic carbocycles. The zero-order chi connectivity index (χ0) is 12.3. The van der Waals surface area contributed by atoms with Crippen molar-refractivity contribution in [2.45, 2.75) is 19.9 Å². The Morgan fingerprint density at radius 3 is 2.94 bits per heavy atom. The lowest BCUT2D eigenvalue weighted by atomic mass is 10.2. The normalized spacial score (nSPS) is 14.6. The first-order valence-electron chi connectivity index (χ1n) is 5.49. The second-order valence-electron chi connectivity index (χ2n) is 3.93. The summed E-state index contributed by atoms with van der Waals surface area (Å²) in [6.07, 6.45) is 0.787. The summed E-state index contributed by atoms with van der Waals surface area (Å²) >= 11 is 0. The van der Waals surface area contributed by atoms with Gasteiger partial charge in [0, 0.05) is 25.5 Å². The van der Waals surface area contributed by atoms with Crippen LogP contribution in [-0.4, -0.2) is 23.4 Å². The molecule has 1 aromatic carbocycles. The SMILES string of the molecule is CC(=O)Oc1ccccc1CN1CCC(N)=N1. The molecule has 0 saturated carbocycles. The fraction of sp³-hybridized carbons (Fsp3) is 0.333. The van der Waals surface area contributed by atoms with Gasteiger partial charge in [-0.25, -0.2) is 0 Å². The van der Waals surface area contributed by atoms with Crippen LogP contribution in [0.15, 0.2) is 29.4 Å². The predicted octanol–water partition coefficient (Wildman–Crippen LogP) is 1.09. The Hall–Kier alpha value is -2.04. The average Bonchev–Trinajstić information content (AvgIpc) is 2.66. The molecule has 2 N–H and O–H groups in total. The lowest BCUT2D eigenvalue weighted by Gasteiger charge is -2.15. The number of ether oxygens (including phenoxy) is 1. The van der Waals surface area contributed by atoms with Crippen molar-refractivity contribution in [1.29, 1.82) is 0 Å². The van der Waals surface area contributed by atoms with Crippen molar-refractivity contribution in [2.75, 3.05) is 6.54 Å². The molecule has 0 fully saturated rings. The summed E-state index contributed by atoms with van der Waals surface area (Å²) in [5, 5.41) is 6.06. The molecule has 1 aromatic rings. The topological polar surface area (TPSA) is 67.9 Å². The summed E-state index contributed by atoms with van der Waals surface area (Å²) in [4.78, 5) is 11.0. The first kappa shape index (κ1) is 11.4. The van der Waals surface area contributed by atoms with Gasteiger partial charge in [0.05, 0.1) is 6.54 Å². The number of carbonyl (C=O) groups excluding carboxylic acids is 1. The van der Waals surface area contributed by atoms with Crippen LogP contribution in [0, 0.1) is 0 Å². The molecule has 0 unspecified atom stereocenters. The molecule has 1 heterocycles. The number of rotatable bonds is 3. The first-order chi connectivity index (χ1) is 8.15. The van der Waals surface area contributed by atoms with Gasteiger partial charge in [0.25, 0.3) is 0 Å². The highest BCUT2D eigenvalue weighted by Gasteiger charge is 2.14. The van der Waals surface area contributed by atoms with E-state index in [-0.39, 0.29) is 5.97 Å². The summed E-state index contributed by atoms with van der Waals surface area (Å²) in [6, 6.07) is 7.44. The zero-order valence-corrected chi connectivity index (χ0v) is 9.72. The third-order valence-electron chi connectivity index (χ3n) is 2.48. The quantitative estimate of drug-likeness (QED) is 0.627. The second-order valence-corrected chi connectivity index (χ2v) is 3.93. The molecular formula is C12H15N3O2. The molecule has 5 heteroatoms. The number of carbonyl (C=O) groups is 1. The monoisotopic (exact) mass is 233 g/mol. The minimum atomic E-state index is -0.318. The average molecular weight is 233 g/mol. The highest BCUT2D eigenvalue weighted by molar-refractivity contribution is 5.81. The number of benzene rings is 1. The molecule has 2 rings (SSSR count). The largest absolute Gasteiger partial charge is 0.426 e. The predicted molar refractivity (Wildman–Crippen MR) is 64.4 cm³/mol. The molecular weight excluding hydrogens is 218 g/mol. The smallest absolute Gasteiger partial charge is 0.308 e. The summed E-state index contributed by atoms with van der Waals surface area (Å²) in [7, 11) is 0. The van der Waals surface area contributed by atoms with Gasteiger partial charge in [-0.2, -0.15) is 5.10 Å². The van der Waals surface area contributed by atoms with Gasteiger partial charge in [0.15, 0.2) is 0 Å². The van der Waals surface area contributed by atoms with Crippen molar-refractivity contribution in [3.63, 3.8) is 0 Å². The van der Waals surface area contributed by atoms with Crippen LogP contribution in [0.3, 0.4) is 0 Å². The summed E-state index contributed by atoms with van der Waals surface area (Å²) < 4.78 is 5.14. The van der Waals surface area contributed by atoms with Crippen molar-refractivity contribution < 1.29 is 9.53 Å². The Labute approximate surface area is 99.9 Å². The molecule has 1 aliphatic rings. The highest BCUT2D eigenvalue weighted by Crippen LogP contribution is 2.21. The summed E-state index contributed by atoms with van der Waals surface area (Å²) in [5.41, 5.74) is 6.55. The van der Waals surface area contributed by atoms with E-state index in [4.69, 9.17) is 10.5 Å². The van der Waals surface area contributed by atoms with Crippen molar-refractivity contribution in [3.05, 3.63) is 29.8 Å². The van der Waals surface area contributed by atoms with Gasteiger partial charge in [0.2, 0.25) is 0 Å². The number of hydrazone groups is 1. The number of amidine groups is 1. The van der Waals surface area contributed by atoms with Crippen LogP contribution in [0.25, 0.3) is 0 Å². The van der Waals surface area contributed by atoms with Gasteiger partial charge in [-0.15, -0.1) is 0 Å². The van der Waals surface area contributed by atoms with E-state index in [0.717, 1.165) is 18.5 Å². The van der Waals surface area contributed by atoms with Gasteiger partial charge >= 0.3 is 5.97 Å². The van der Waals surface area contributed by atoms with Crippen molar-refractivity contribution in [3.8, 4) is 5.75 Å². The van der Waals surface area contributed by atoms with Gasteiger partial charge in [-0.3, -0.25) is 9.80 Å². The second kappa shape index (κ2) is 4.86. The molecule has 90 valence electrons. The molecule has 0 radical (unpaired) electrons. The maximum atomic E-state index is 11.0. The third-order valence-corrected chi connectivity index (χ3v) is 2.48. The van der Waals surface area contributed by atoms with Crippen molar-refractivity contribution >= 4 is 11.8 Å². The van der Waals surface area contributed by atoms with Crippen LogP contribution in [0.5, 0.6) is 5.75 Å². The summed E-state index contributed by atoms with van der Waals surface area (Å²) in [5.74, 6) is 0.914. The Bertz CT molecular complexity index is 457. The first-order valence-corrected chi connectivity index (χ1v) is 5.49. The molecule has 0 spiro atoms. The molecule has 0 atom stereocenters. The van der Waals surface area contributed by atoms with Crippen LogP contribution in [0.1, 0.15) is 18.9 Å². The van der Waals surface area contributed by atoms with E-state index >= 15 is 0 Å². The number of nitrogens with two attached hydrogens (primary N) is 1. The zero-order valence-electron chi connectivity index (χ0n) is 9.72. The number of esters is 1. The minimum absolute atomic E-state index is 0.318. The molecule has 1 aliphatic heterocycles. The van der Waals surface area contributed by atoms with Gasteiger partial charge in [0.1, 0.15) is 11.6 Å². The Morgan fingerprint density at radius 1 is 1.53 bits per heavy atom. The van der Waals surface area contributed by atoms with Crippen LogP contribution in [0.4, 0.5) is 0 Å². The molecule has 17 heavy (non-hydrogen) atoms. The standard InChI is InChI=1S/C12H15N3O2/c1-9(16)17-11-5-3-2-4-10(11)8-15-7-6-12(13)14-15/h2-5H,6-8H2,1H3,(H2,13,14). The van der Waals surface area contributed by atoms with Crippen LogP contribution < -0.4 is 10.5 Å². The Morgan fingerprint density at radius 2 is 2.29 bits per heavy atom. The molecule has 0 amide bonds. The van der Waals surface area contributed by atoms with Gasteiger partial charge in [-0.1, -0.05) is 18.2 Å². The number of hydrogen-bond donors (Lipinski definition) is 1. The molecule has 0 saturated heterocycles. The molecule has 0 aromatic heterocycles. The summed E-state index contributed by atoms with van der Waals surface area (Å²) in [6.45, 7) is 2.80. The maximum Gasteiger partial charge on any atom is 0.308 e.